The SMILES string of the molecule is CN(C)CC/C=C1\c2ccccc2CCc2ccc(O)cc21. The Hall–Kier alpha value is -2.06. The minimum absolute atomic E-state index is 0.344. The lowest BCUT2D eigenvalue weighted by Gasteiger charge is -2.13. The molecule has 0 saturated heterocycles. The summed E-state index contributed by atoms with van der Waals surface area (Å²) in [6.07, 6.45) is 5.41. The Labute approximate surface area is 132 Å². The van der Waals surface area contributed by atoms with Gasteiger partial charge in [0.05, 0.1) is 0 Å². The minimum atomic E-state index is 0.344. The van der Waals surface area contributed by atoms with Crippen molar-refractivity contribution in [3.8, 4) is 5.75 Å². The van der Waals surface area contributed by atoms with E-state index < -0.39 is 0 Å². The van der Waals surface area contributed by atoms with E-state index >= 15 is 0 Å². The molecule has 0 aliphatic heterocycles. The molecule has 0 radical (unpaired) electrons. The van der Waals surface area contributed by atoms with Gasteiger partial charge in [0.25, 0.3) is 0 Å². The van der Waals surface area contributed by atoms with Crippen LogP contribution in [-0.4, -0.2) is 30.6 Å². The first-order valence-corrected chi connectivity index (χ1v) is 7.90. The molecule has 0 atom stereocenters. The number of phenols is 1. The topological polar surface area (TPSA) is 23.5 Å². The lowest BCUT2D eigenvalue weighted by atomic mass is 9.93. The second kappa shape index (κ2) is 6.37. The van der Waals surface area contributed by atoms with Gasteiger partial charge in [0.2, 0.25) is 0 Å². The van der Waals surface area contributed by atoms with Gasteiger partial charge in [0.15, 0.2) is 0 Å². The predicted molar refractivity (Wildman–Crippen MR) is 92.2 cm³/mol. The van der Waals surface area contributed by atoms with E-state index in [1.165, 1.54) is 27.8 Å². The van der Waals surface area contributed by atoms with Gasteiger partial charge < -0.3 is 10.0 Å². The third-order valence-electron chi connectivity index (χ3n) is 4.28. The summed E-state index contributed by atoms with van der Waals surface area (Å²) in [6, 6.07) is 14.4. The van der Waals surface area contributed by atoms with Gasteiger partial charge in [-0.15, -0.1) is 0 Å². The number of fused-ring (bicyclic) bond motifs is 2. The average Bonchev–Trinajstić information content (AvgIpc) is 2.65. The van der Waals surface area contributed by atoms with Crippen molar-refractivity contribution in [3.63, 3.8) is 0 Å². The van der Waals surface area contributed by atoms with Gasteiger partial charge in [-0.2, -0.15) is 0 Å². The summed E-state index contributed by atoms with van der Waals surface area (Å²) in [4.78, 5) is 2.20. The number of aryl methyl sites for hydroxylation is 2. The number of hydrogen-bond acceptors (Lipinski definition) is 2. The van der Waals surface area contributed by atoms with Gasteiger partial charge in [-0.05, 0) is 73.3 Å². The standard InChI is InChI=1S/C20H23NO/c1-21(2)13-5-8-19-18-7-4-3-6-15(18)9-10-16-11-12-17(22)14-20(16)19/h3-4,6-8,11-12,14,22H,5,9-10,13H2,1-2H3/b19-8+. The molecule has 2 heteroatoms. The van der Waals surface area contributed by atoms with Crippen LogP contribution in [0.15, 0.2) is 48.5 Å². The van der Waals surface area contributed by atoms with Gasteiger partial charge >= 0.3 is 0 Å². The Morgan fingerprint density at radius 3 is 2.50 bits per heavy atom. The molecule has 1 aliphatic carbocycles. The Balaban J connectivity index is 2.10. The van der Waals surface area contributed by atoms with Crippen molar-refractivity contribution in [2.24, 2.45) is 0 Å². The molecule has 3 rings (SSSR count). The van der Waals surface area contributed by atoms with Crippen molar-refractivity contribution in [2.45, 2.75) is 19.3 Å². The molecule has 1 aliphatic rings. The van der Waals surface area contributed by atoms with Crippen LogP contribution in [-0.2, 0) is 12.8 Å². The summed E-state index contributed by atoms with van der Waals surface area (Å²) < 4.78 is 0. The molecule has 1 N–H and O–H groups in total. The van der Waals surface area contributed by atoms with E-state index in [2.05, 4.69) is 55.4 Å². The van der Waals surface area contributed by atoms with E-state index in [9.17, 15) is 5.11 Å². The summed E-state index contributed by atoms with van der Waals surface area (Å²) in [5.74, 6) is 0.344. The van der Waals surface area contributed by atoms with Crippen LogP contribution in [0.5, 0.6) is 5.75 Å². The minimum Gasteiger partial charge on any atom is -0.508 e. The highest BCUT2D eigenvalue weighted by Gasteiger charge is 2.18. The van der Waals surface area contributed by atoms with Crippen LogP contribution in [0.3, 0.4) is 0 Å². The molecule has 0 spiro atoms. The number of rotatable bonds is 3. The van der Waals surface area contributed by atoms with E-state index in [4.69, 9.17) is 0 Å². The van der Waals surface area contributed by atoms with Crippen LogP contribution in [0.1, 0.15) is 28.7 Å². The summed E-state index contributed by atoms with van der Waals surface area (Å²) in [6.45, 7) is 1.03. The van der Waals surface area contributed by atoms with Crippen molar-refractivity contribution >= 4 is 5.57 Å². The van der Waals surface area contributed by atoms with Crippen LogP contribution in [0.2, 0.25) is 0 Å². The van der Waals surface area contributed by atoms with Crippen molar-refractivity contribution in [2.75, 3.05) is 20.6 Å². The Morgan fingerprint density at radius 2 is 1.73 bits per heavy atom. The summed E-state index contributed by atoms with van der Waals surface area (Å²) >= 11 is 0. The monoisotopic (exact) mass is 293 g/mol. The molecular weight excluding hydrogens is 270 g/mol. The number of hydrogen-bond donors (Lipinski definition) is 1. The highest BCUT2D eigenvalue weighted by molar-refractivity contribution is 5.84. The van der Waals surface area contributed by atoms with Gasteiger partial charge in [-0.1, -0.05) is 36.4 Å². The van der Waals surface area contributed by atoms with E-state index in [0.717, 1.165) is 25.8 Å². The molecule has 22 heavy (non-hydrogen) atoms. The van der Waals surface area contributed by atoms with E-state index in [1.807, 2.05) is 6.07 Å². The molecule has 2 nitrogen and oxygen atoms in total. The summed E-state index contributed by atoms with van der Waals surface area (Å²) in [5, 5.41) is 9.92. The van der Waals surface area contributed by atoms with Crippen molar-refractivity contribution in [1.29, 1.82) is 0 Å². The smallest absolute Gasteiger partial charge is 0.116 e. The maximum absolute atomic E-state index is 9.92. The molecule has 0 aromatic heterocycles. The number of benzene rings is 2. The van der Waals surface area contributed by atoms with Gasteiger partial charge in [0, 0.05) is 6.54 Å². The van der Waals surface area contributed by atoms with E-state index in [1.54, 1.807) is 6.07 Å². The molecular formula is C20H23NO. The Kier molecular flexibility index (Phi) is 4.30. The third kappa shape index (κ3) is 3.07. The number of aromatic hydroxyl groups is 1. The highest BCUT2D eigenvalue weighted by atomic mass is 16.3. The average molecular weight is 293 g/mol. The first-order chi connectivity index (χ1) is 10.6. The van der Waals surface area contributed by atoms with Crippen molar-refractivity contribution in [3.05, 3.63) is 70.8 Å². The molecule has 0 unspecified atom stereocenters. The second-order valence-electron chi connectivity index (χ2n) is 6.21. The zero-order chi connectivity index (χ0) is 15.5. The molecule has 0 bridgehead atoms. The molecule has 0 saturated carbocycles. The predicted octanol–water partition coefficient (Wildman–Crippen LogP) is 3.87. The van der Waals surface area contributed by atoms with Crippen LogP contribution in [0, 0.1) is 0 Å². The normalized spacial score (nSPS) is 15.5. The fraction of sp³-hybridized carbons (Fsp3) is 0.300. The Bertz CT molecular complexity index is 701. The van der Waals surface area contributed by atoms with Crippen LogP contribution < -0.4 is 0 Å². The molecule has 2 aromatic rings. The van der Waals surface area contributed by atoms with Crippen molar-refractivity contribution in [1.82, 2.24) is 4.90 Å². The van der Waals surface area contributed by atoms with Crippen molar-refractivity contribution < 1.29 is 5.11 Å². The van der Waals surface area contributed by atoms with Gasteiger partial charge in [0.1, 0.15) is 5.75 Å². The first kappa shape index (κ1) is 14.9. The molecule has 0 heterocycles. The fourth-order valence-electron chi connectivity index (χ4n) is 3.14. The zero-order valence-electron chi connectivity index (χ0n) is 13.3. The van der Waals surface area contributed by atoms with Gasteiger partial charge in [-0.25, -0.2) is 0 Å². The molecule has 0 amide bonds. The highest BCUT2D eigenvalue weighted by Crippen LogP contribution is 2.35. The van der Waals surface area contributed by atoms with Crippen LogP contribution in [0.4, 0.5) is 0 Å². The lowest BCUT2D eigenvalue weighted by molar-refractivity contribution is 0.417. The van der Waals surface area contributed by atoms with Gasteiger partial charge in [-0.3, -0.25) is 0 Å². The van der Waals surface area contributed by atoms with Crippen LogP contribution >= 0.6 is 0 Å². The van der Waals surface area contributed by atoms with E-state index in [-0.39, 0.29) is 0 Å². The zero-order valence-corrected chi connectivity index (χ0v) is 13.3. The third-order valence-corrected chi connectivity index (χ3v) is 4.28. The molecule has 2 aromatic carbocycles. The van der Waals surface area contributed by atoms with Crippen LogP contribution in [0.25, 0.3) is 5.57 Å². The first-order valence-electron chi connectivity index (χ1n) is 7.90. The summed E-state index contributed by atoms with van der Waals surface area (Å²) in [5.41, 5.74) is 6.48. The quantitative estimate of drug-likeness (QED) is 0.928. The fourth-order valence-corrected chi connectivity index (χ4v) is 3.14. The molecule has 0 fully saturated rings. The maximum Gasteiger partial charge on any atom is 0.116 e. The molecule has 114 valence electrons. The Morgan fingerprint density at radius 1 is 1.00 bits per heavy atom. The number of nitrogens with zero attached hydrogens (tertiary/aromatic N) is 1. The largest absolute Gasteiger partial charge is 0.508 e. The number of phenolic OH excluding ortho intramolecular Hbond substituents is 1. The van der Waals surface area contributed by atoms with E-state index in [0.29, 0.717) is 5.75 Å². The lowest BCUT2D eigenvalue weighted by Crippen LogP contribution is -2.12. The second-order valence-corrected chi connectivity index (χ2v) is 6.21. The maximum atomic E-state index is 9.92. The summed E-state index contributed by atoms with van der Waals surface area (Å²) in [7, 11) is 4.19.